The highest BCUT2D eigenvalue weighted by Gasteiger charge is 2.63. The Labute approximate surface area is 104 Å². The van der Waals surface area contributed by atoms with Gasteiger partial charge in [0.2, 0.25) is 0 Å². The van der Waals surface area contributed by atoms with Crippen LogP contribution in [-0.2, 0) is 9.53 Å². The summed E-state index contributed by atoms with van der Waals surface area (Å²) >= 11 is 0. The first kappa shape index (κ1) is 12.9. The zero-order chi connectivity index (χ0) is 12.9. The third-order valence-corrected chi connectivity index (χ3v) is 4.57. The molecule has 2 aliphatic rings. The molecule has 1 aliphatic carbocycles. The van der Waals surface area contributed by atoms with Gasteiger partial charge >= 0.3 is 5.97 Å². The molecule has 2 rings (SSSR count). The summed E-state index contributed by atoms with van der Waals surface area (Å²) < 4.78 is 5.45. The Morgan fingerprint density at radius 3 is 2.47 bits per heavy atom. The molecule has 0 amide bonds. The Bertz CT molecular complexity index is 328. The largest absolute Gasteiger partial charge is 0.460 e. The minimum absolute atomic E-state index is 0.0535. The Morgan fingerprint density at radius 2 is 2.00 bits per heavy atom. The van der Waals surface area contributed by atoms with Gasteiger partial charge in [-0.25, -0.2) is 0 Å². The summed E-state index contributed by atoms with van der Waals surface area (Å²) in [6, 6.07) is 0.537. The van der Waals surface area contributed by atoms with E-state index >= 15 is 0 Å². The van der Waals surface area contributed by atoms with Crippen molar-refractivity contribution >= 4 is 5.97 Å². The van der Waals surface area contributed by atoms with Crippen LogP contribution >= 0.6 is 0 Å². The van der Waals surface area contributed by atoms with Gasteiger partial charge in [-0.15, -0.1) is 0 Å². The van der Waals surface area contributed by atoms with E-state index < -0.39 is 0 Å². The molecule has 1 heterocycles. The summed E-state index contributed by atoms with van der Waals surface area (Å²) in [6.45, 7) is 11.2. The number of hydrogen-bond donors (Lipinski definition) is 1. The van der Waals surface area contributed by atoms with E-state index in [2.05, 4.69) is 19.2 Å². The summed E-state index contributed by atoms with van der Waals surface area (Å²) in [5.74, 6) is -0.0535. The van der Waals surface area contributed by atoms with Gasteiger partial charge in [0, 0.05) is 12.6 Å². The van der Waals surface area contributed by atoms with Crippen LogP contribution in [0.25, 0.3) is 0 Å². The van der Waals surface area contributed by atoms with E-state index in [1.807, 2.05) is 20.8 Å². The second-order valence-corrected chi connectivity index (χ2v) is 7.08. The molecule has 0 aromatic heterocycles. The van der Waals surface area contributed by atoms with Gasteiger partial charge in [0.15, 0.2) is 0 Å². The maximum absolute atomic E-state index is 12.0. The quantitative estimate of drug-likeness (QED) is 0.752. The normalized spacial score (nSPS) is 35.0. The Kier molecular flexibility index (Phi) is 2.81. The standard InChI is InChI=1S/C14H25NO2/c1-10-14(6-7-14)13(5,9-15-10)8-11(16)17-12(2,3)4/h10,15H,6-9H2,1-5H3. The fourth-order valence-corrected chi connectivity index (χ4v) is 3.38. The van der Waals surface area contributed by atoms with Gasteiger partial charge in [-0.1, -0.05) is 6.92 Å². The number of carbonyl (C=O) groups excluding carboxylic acids is 1. The van der Waals surface area contributed by atoms with Crippen molar-refractivity contribution in [3.8, 4) is 0 Å². The van der Waals surface area contributed by atoms with Crippen LogP contribution in [-0.4, -0.2) is 24.2 Å². The average molecular weight is 239 g/mol. The van der Waals surface area contributed by atoms with Crippen LogP contribution in [0.15, 0.2) is 0 Å². The smallest absolute Gasteiger partial charge is 0.306 e. The second kappa shape index (κ2) is 3.71. The minimum Gasteiger partial charge on any atom is -0.460 e. The van der Waals surface area contributed by atoms with Crippen LogP contribution in [0.3, 0.4) is 0 Å². The van der Waals surface area contributed by atoms with Crippen LogP contribution in [0.2, 0.25) is 0 Å². The number of nitrogens with one attached hydrogen (secondary N) is 1. The predicted molar refractivity (Wildman–Crippen MR) is 67.7 cm³/mol. The maximum Gasteiger partial charge on any atom is 0.306 e. The van der Waals surface area contributed by atoms with E-state index in [9.17, 15) is 4.79 Å². The molecule has 1 aliphatic heterocycles. The van der Waals surface area contributed by atoms with Crippen molar-refractivity contribution in [3.63, 3.8) is 0 Å². The van der Waals surface area contributed by atoms with E-state index in [0.717, 1.165) is 6.54 Å². The third kappa shape index (κ3) is 2.22. The van der Waals surface area contributed by atoms with Crippen LogP contribution in [0, 0.1) is 10.8 Å². The van der Waals surface area contributed by atoms with E-state index in [4.69, 9.17) is 4.74 Å². The SMILES string of the molecule is CC1NCC(C)(CC(=O)OC(C)(C)C)C12CC2. The summed E-state index contributed by atoms with van der Waals surface area (Å²) in [5.41, 5.74) is 0.0560. The van der Waals surface area contributed by atoms with Gasteiger partial charge in [-0.2, -0.15) is 0 Å². The van der Waals surface area contributed by atoms with E-state index in [0.29, 0.717) is 17.9 Å². The molecule has 0 aromatic carbocycles. The molecular weight excluding hydrogens is 214 g/mol. The van der Waals surface area contributed by atoms with Crippen molar-refractivity contribution in [2.24, 2.45) is 10.8 Å². The summed E-state index contributed by atoms with van der Waals surface area (Å²) in [5, 5.41) is 3.52. The average Bonchev–Trinajstić information content (AvgIpc) is 2.87. The Balaban J connectivity index is 2.02. The van der Waals surface area contributed by atoms with Crippen molar-refractivity contribution in [2.75, 3.05) is 6.54 Å². The molecular formula is C14H25NO2. The topological polar surface area (TPSA) is 38.3 Å². The lowest BCUT2D eigenvalue weighted by molar-refractivity contribution is -0.158. The van der Waals surface area contributed by atoms with Gasteiger partial charge in [0.25, 0.3) is 0 Å². The lowest BCUT2D eigenvalue weighted by Gasteiger charge is -2.32. The van der Waals surface area contributed by atoms with Gasteiger partial charge in [0.1, 0.15) is 5.60 Å². The summed E-state index contributed by atoms with van der Waals surface area (Å²) in [6.07, 6.45) is 3.04. The van der Waals surface area contributed by atoms with E-state index in [-0.39, 0.29) is 17.0 Å². The highest BCUT2D eigenvalue weighted by atomic mass is 16.6. The highest BCUT2D eigenvalue weighted by Crippen LogP contribution is 2.64. The van der Waals surface area contributed by atoms with Crippen molar-refractivity contribution in [2.45, 2.75) is 65.5 Å². The zero-order valence-electron chi connectivity index (χ0n) is 11.7. The van der Waals surface area contributed by atoms with Crippen LogP contribution in [0.5, 0.6) is 0 Å². The van der Waals surface area contributed by atoms with Crippen molar-refractivity contribution in [1.29, 1.82) is 0 Å². The Hall–Kier alpha value is -0.570. The highest BCUT2D eigenvalue weighted by molar-refractivity contribution is 5.71. The van der Waals surface area contributed by atoms with Crippen LogP contribution in [0.1, 0.15) is 53.9 Å². The molecule has 2 unspecified atom stereocenters. The molecule has 0 radical (unpaired) electrons. The molecule has 3 nitrogen and oxygen atoms in total. The third-order valence-electron chi connectivity index (χ3n) is 4.57. The predicted octanol–water partition coefficient (Wildman–Crippen LogP) is 2.50. The molecule has 1 N–H and O–H groups in total. The molecule has 2 fully saturated rings. The van der Waals surface area contributed by atoms with Gasteiger partial charge in [-0.05, 0) is 51.4 Å². The number of hydrogen-bond acceptors (Lipinski definition) is 3. The second-order valence-electron chi connectivity index (χ2n) is 7.08. The summed E-state index contributed by atoms with van der Waals surface area (Å²) in [7, 11) is 0. The molecule has 17 heavy (non-hydrogen) atoms. The number of ether oxygens (including phenoxy) is 1. The van der Waals surface area contributed by atoms with E-state index in [1.54, 1.807) is 0 Å². The van der Waals surface area contributed by atoms with Crippen molar-refractivity contribution < 1.29 is 9.53 Å². The molecule has 0 aromatic rings. The number of esters is 1. The van der Waals surface area contributed by atoms with Gasteiger partial charge in [0.05, 0.1) is 6.42 Å². The van der Waals surface area contributed by atoms with Crippen LogP contribution in [0.4, 0.5) is 0 Å². The van der Waals surface area contributed by atoms with Crippen molar-refractivity contribution in [3.05, 3.63) is 0 Å². The molecule has 98 valence electrons. The summed E-state index contributed by atoms with van der Waals surface area (Å²) in [4.78, 5) is 12.0. The van der Waals surface area contributed by atoms with Gasteiger partial charge < -0.3 is 10.1 Å². The first-order valence-corrected chi connectivity index (χ1v) is 6.64. The number of carbonyl (C=O) groups is 1. The van der Waals surface area contributed by atoms with Crippen LogP contribution < -0.4 is 5.32 Å². The molecule has 0 bridgehead atoms. The monoisotopic (exact) mass is 239 g/mol. The fourth-order valence-electron chi connectivity index (χ4n) is 3.38. The molecule has 1 spiro atoms. The first-order chi connectivity index (χ1) is 7.69. The number of rotatable bonds is 2. The molecule has 1 saturated carbocycles. The Morgan fingerprint density at radius 1 is 1.41 bits per heavy atom. The fraction of sp³-hybridized carbons (Fsp3) is 0.929. The zero-order valence-corrected chi connectivity index (χ0v) is 11.7. The lowest BCUT2D eigenvalue weighted by Crippen LogP contribution is -2.35. The first-order valence-electron chi connectivity index (χ1n) is 6.64. The molecule has 1 saturated heterocycles. The van der Waals surface area contributed by atoms with Crippen molar-refractivity contribution in [1.82, 2.24) is 5.32 Å². The maximum atomic E-state index is 12.0. The molecule has 2 atom stereocenters. The minimum atomic E-state index is -0.373. The lowest BCUT2D eigenvalue weighted by atomic mass is 9.72. The van der Waals surface area contributed by atoms with Gasteiger partial charge in [-0.3, -0.25) is 4.79 Å². The van der Waals surface area contributed by atoms with E-state index in [1.165, 1.54) is 12.8 Å². The molecule has 3 heteroatoms.